The molecule has 1 aromatic heterocycles. The molecule has 6 nitrogen and oxygen atoms in total. The minimum atomic E-state index is -2.67. The number of alkyl halides is 4. The molecule has 61 heavy (non-hydrogen) atoms. The number of hydrogen-bond acceptors (Lipinski definition) is 4. The van der Waals surface area contributed by atoms with Crippen LogP contribution in [0.25, 0.3) is 49.5 Å². The van der Waals surface area contributed by atoms with E-state index in [4.69, 9.17) is 9.98 Å². The Kier molecular flexibility index (Phi) is 11.6. The van der Waals surface area contributed by atoms with Crippen molar-refractivity contribution < 1.29 is 27.2 Å². The Labute approximate surface area is 355 Å². The van der Waals surface area contributed by atoms with Crippen molar-refractivity contribution in [3.8, 4) is 22.4 Å². The molecule has 2 aliphatic carbocycles. The minimum Gasteiger partial charge on any atom is -0.348 e. The van der Waals surface area contributed by atoms with E-state index in [9.17, 15) is 27.2 Å². The summed E-state index contributed by atoms with van der Waals surface area (Å²) in [6, 6.07) is 25.5. The van der Waals surface area contributed by atoms with Gasteiger partial charge in [0.1, 0.15) is 11.6 Å². The summed E-state index contributed by atoms with van der Waals surface area (Å²) >= 11 is 0. The molecule has 1 aliphatic heterocycles. The van der Waals surface area contributed by atoms with Gasteiger partial charge in [0.15, 0.2) is 0 Å². The first kappa shape index (κ1) is 42.6. The van der Waals surface area contributed by atoms with E-state index in [0.29, 0.717) is 6.42 Å². The molecule has 4 aromatic carbocycles. The molecule has 2 fully saturated rings. The van der Waals surface area contributed by atoms with Crippen LogP contribution in [0.3, 0.4) is 0 Å². The van der Waals surface area contributed by atoms with Gasteiger partial charge in [0.25, 0.3) is 0 Å². The fourth-order valence-corrected chi connectivity index (χ4v) is 9.44. The van der Waals surface area contributed by atoms with Crippen LogP contribution in [-0.4, -0.2) is 45.3 Å². The summed E-state index contributed by atoms with van der Waals surface area (Å²) in [5.41, 5.74) is 6.85. The Morgan fingerprint density at radius 2 is 1.23 bits per heavy atom. The van der Waals surface area contributed by atoms with E-state index in [2.05, 4.69) is 104 Å². The van der Waals surface area contributed by atoms with Crippen LogP contribution in [0.5, 0.6) is 0 Å². The van der Waals surface area contributed by atoms with Crippen molar-refractivity contribution in [1.82, 2.24) is 15.3 Å². The lowest BCUT2D eigenvalue weighted by molar-refractivity contribution is -0.130. The predicted octanol–water partition coefficient (Wildman–Crippen LogP) is 13.1. The van der Waals surface area contributed by atoms with Gasteiger partial charge in [-0.2, -0.15) is 0 Å². The smallest absolute Gasteiger partial charge is 0.248 e. The first-order valence-electron chi connectivity index (χ1n) is 21.9. The number of fused-ring (bicyclic) bond motifs is 2. The number of rotatable bonds is 11. The van der Waals surface area contributed by atoms with Crippen molar-refractivity contribution in [3.05, 3.63) is 96.6 Å². The number of nitrogens with zero attached hydrogens (tertiary/aromatic N) is 2. The summed E-state index contributed by atoms with van der Waals surface area (Å²) < 4.78 is 55.0. The van der Waals surface area contributed by atoms with Crippen LogP contribution in [0.1, 0.15) is 116 Å². The molecule has 0 radical (unpaired) electrons. The SMILES string of the molecule is CC(C)[C@H](NC(=O)C1CCC(F)(F)CC1)C1=NC=C(c2ccc3cc(-c4ccc5cc(-c6cnc([C@@H](CC(=O)C7CCC(F)(F)CC7)C(C)(C)C)[nH]6)ccc5c4)ccc3c2)C1. The number of Topliss-reactive ketones (excluding diaryl/α,β-unsaturated/α-hetero) is 1. The molecule has 2 atom stereocenters. The lowest BCUT2D eigenvalue weighted by Gasteiger charge is -2.32. The maximum Gasteiger partial charge on any atom is 0.248 e. The van der Waals surface area contributed by atoms with Gasteiger partial charge in [0.2, 0.25) is 17.8 Å². The van der Waals surface area contributed by atoms with Crippen LogP contribution in [-0.2, 0) is 9.59 Å². The van der Waals surface area contributed by atoms with E-state index >= 15 is 0 Å². The lowest BCUT2D eigenvalue weighted by Crippen LogP contribution is -2.47. The number of aliphatic imine (C=N–C) groups is 1. The Balaban J connectivity index is 0.925. The zero-order valence-electron chi connectivity index (χ0n) is 35.8. The number of halogens is 4. The summed E-state index contributed by atoms with van der Waals surface area (Å²) in [6.07, 6.45) is 4.58. The van der Waals surface area contributed by atoms with Crippen molar-refractivity contribution in [1.29, 1.82) is 0 Å². The second kappa shape index (κ2) is 16.6. The molecule has 0 bridgehead atoms. The predicted molar refractivity (Wildman–Crippen MR) is 237 cm³/mol. The molecule has 0 saturated heterocycles. The average Bonchev–Trinajstić information content (AvgIpc) is 3.92. The van der Waals surface area contributed by atoms with Crippen LogP contribution >= 0.6 is 0 Å². The standard InChI is InChI=1S/C51H56F4N4O2/c1-30(2)46(59-48(61)32-16-20-51(54,55)21-17-32)43-26-41(28-56-43)39-11-10-35-22-33(6-7-36(35)24-39)34-8-9-38-25-40(13-12-37(38)23-34)44-29-57-47(58-44)42(49(3,4)5)27-45(60)31-14-18-50(52,53)19-15-31/h6-13,22-25,28-32,42,46H,14-21,26-27H2,1-5H3,(H,57,58)(H,59,61)/t42-,46+/m1/s1. The molecule has 0 unspecified atom stereocenters. The number of hydrogen-bond donors (Lipinski definition) is 2. The Hall–Kier alpha value is -5.12. The molecule has 2 heterocycles. The summed E-state index contributed by atoms with van der Waals surface area (Å²) in [4.78, 5) is 39.4. The van der Waals surface area contributed by atoms with E-state index < -0.39 is 11.8 Å². The van der Waals surface area contributed by atoms with Crippen LogP contribution in [0, 0.1) is 23.2 Å². The van der Waals surface area contributed by atoms with Gasteiger partial charge in [0, 0.05) is 73.8 Å². The average molecular weight is 833 g/mol. The molecule has 320 valence electrons. The Morgan fingerprint density at radius 1 is 0.738 bits per heavy atom. The van der Waals surface area contributed by atoms with E-state index in [1.165, 1.54) is 0 Å². The maximum atomic E-state index is 13.8. The molecule has 8 rings (SSSR count). The largest absolute Gasteiger partial charge is 0.348 e. The number of H-pyrrole nitrogens is 1. The molecular formula is C51H56F4N4O2. The van der Waals surface area contributed by atoms with E-state index in [1.54, 1.807) is 0 Å². The number of aromatic nitrogens is 2. The Morgan fingerprint density at radius 3 is 1.77 bits per heavy atom. The van der Waals surface area contributed by atoms with E-state index in [1.807, 2.05) is 26.2 Å². The number of carbonyl (C=O) groups excluding carboxylic acids is 2. The molecule has 0 spiro atoms. The van der Waals surface area contributed by atoms with Crippen LogP contribution in [0.4, 0.5) is 17.6 Å². The molecule has 2 saturated carbocycles. The number of aromatic amines is 1. The van der Waals surface area contributed by atoms with Crippen LogP contribution in [0.2, 0.25) is 0 Å². The van der Waals surface area contributed by atoms with Crippen molar-refractivity contribution in [2.75, 3.05) is 0 Å². The summed E-state index contributed by atoms with van der Waals surface area (Å²) in [6.45, 7) is 10.4. The number of carbonyl (C=O) groups is 2. The highest BCUT2D eigenvalue weighted by molar-refractivity contribution is 6.04. The maximum absolute atomic E-state index is 13.8. The first-order chi connectivity index (χ1) is 28.9. The van der Waals surface area contributed by atoms with Gasteiger partial charge in [0.05, 0.1) is 17.9 Å². The van der Waals surface area contributed by atoms with Gasteiger partial charge in [-0.15, -0.1) is 0 Å². The van der Waals surface area contributed by atoms with Gasteiger partial charge in [-0.3, -0.25) is 14.6 Å². The van der Waals surface area contributed by atoms with Gasteiger partial charge in [-0.05, 0) is 105 Å². The minimum absolute atomic E-state index is 0.0499. The summed E-state index contributed by atoms with van der Waals surface area (Å²) in [7, 11) is 0. The highest BCUT2D eigenvalue weighted by atomic mass is 19.3. The lowest BCUT2D eigenvalue weighted by atomic mass is 9.74. The number of amides is 1. The monoisotopic (exact) mass is 832 g/mol. The number of imidazole rings is 1. The normalized spacial score (nSPS) is 19.5. The first-order valence-corrected chi connectivity index (χ1v) is 21.9. The fourth-order valence-electron chi connectivity index (χ4n) is 9.44. The quantitative estimate of drug-likeness (QED) is 0.130. The summed E-state index contributed by atoms with van der Waals surface area (Å²) in [5.74, 6) is -5.47. The van der Waals surface area contributed by atoms with Crippen molar-refractivity contribution >= 4 is 44.5 Å². The fraction of sp³-hybridized carbons (Fsp3) is 0.451. The number of benzene rings is 4. The van der Waals surface area contributed by atoms with Crippen molar-refractivity contribution in [3.63, 3.8) is 0 Å². The third kappa shape index (κ3) is 9.53. The molecule has 2 N–H and O–H groups in total. The van der Waals surface area contributed by atoms with Crippen LogP contribution < -0.4 is 5.32 Å². The van der Waals surface area contributed by atoms with Gasteiger partial charge in [-0.25, -0.2) is 22.5 Å². The molecule has 1 amide bonds. The molecule has 3 aliphatic rings. The molecule has 10 heteroatoms. The van der Waals surface area contributed by atoms with Gasteiger partial charge in [-0.1, -0.05) is 83.1 Å². The van der Waals surface area contributed by atoms with Crippen molar-refractivity contribution in [2.24, 2.45) is 28.2 Å². The van der Waals surface area contributed by atoms with E-state index in [0.717, 1.165) is 66.6 Å². The molecule has 5 aromatic rings. The third-order valence-corrected chi connectivity index (χ3v) is 13.4. The summed E-state index contributed by atoms with van der Waals surface area (Å²) in [5, 5.41) is 7.57. The van der Waals surface area contributed by atoms with Crippen molar-refractivity contribution in [2.45, 2.75) is 123 Å². The topological polar surface area (TPSA) is 87.2 Å². The number of allylic oxidation sites excluding steroid dienone is 1. The van der Waals surface area contributed by atoms with Gasteiger partial charge < -0.3 is 10.3 Å². The number of ketones is 1. The third-order valence-electron chi connectivity index (χ3n) is 13.4. The molecular weight excluding hydrogens is 777 g/mol. The highest BCUT2D eigenvalue weighted by Crippen LogP contribution is 2.42. The van der Waals surface area contributed by atoms with E-state index in [-0.39, 0.29) is 105 Å². The zero-order valence-corrected chi connectivity index (χ0v) is 35.8. The Bertz CT molecular complexity index is 2510. The number of nitrogens with one attached hydrogen (secondary N) is 2. The van der Waals surface area contributed by atoms with Gasteiger partial charge >= 0.3 is 0 Å². The zero-order chi connectivity index (χ0) is 43.3. The second-order valence-corrected chi connectivity index (χ2v) is 19.3. The van der Waals surface area contributed by atoms with Crippen LogP contribution in [0.15, 0.2) is 90.2 Å². The highest BCUT2D eigenvalue weighted by Gasteiger charge is 2.40. The second-order valence-electron chi connectivity index (χ2n) is 19.3.